The van der Waals surface area contributed by atoms with Crippen molar-refractivity contribution in [1.82, 2.24) is 29.8 Å². The van der Waals surface area contributed by atoms with Crippen LogP contribution in [0.15, 0.2) is 24.5 Å². The van der Waals surface area contributed by atoms with Crippen LogP contribution in [0, 0.1) is 20.2 Å². The second kappa shape index (κ2) is 13.0. The number of likely N-dealkylation sites (tertiary alicyclic amines) is 2. The number of H-pyrrole nitrogens is 1. The lowest BCUT2D eigenvalue weighted by Gasteiger charge is -2.38. The smallest absolute Gasteiger partial charge is 0.410 e. The van der Waals surface area contributed by atoms with Crippen molar-refractivity contribution in [3.8, 4) is 0 Å². The number of hydrogen-bond acceptors (Lipinski definition) is 10. The lowest BCUT2D eigenvalue weighted by Crippen LogP contribution is -2.52. The average molecular weight is 664 g/mol. The first kappa shape index (κ1) is 31.7. The molecule has 0 radical (unpaired) electrons. The summed E-state index contributed by atoms with van der Waals surface area (Å²) >= 11 is 2.33. The Labute approximate surface area is 238 Å². The molecule has 0 spiro atoms. The van der Waals surface area contributed by atoms with Crippen LogP contribution in [0.25, 0.3) is 0 Å². The van der Waals surface area contributed by atoms with E-state index in [0.29, 0.717) is 17.0 Å². The van der Waals surface area contributed by atoms with Gasteiger partial charge in [0.05, 0.1) is 42.7 Å². The van der Waals surface area contributed by atoms with Crippen LogP contribution in [0.1, 0.15) is 47.6 Å². The predicted octanol–water partition coefficient (Wildman–Crippen LogP) is 3.94. The maximum absolute atomic E-state index is 11.7. The van der Waals surface area contributed by atoms with Crippen molar-refractivity contribution in [2.45, 2.75) is 62.7 Å². The molecule has 0 saturated carbocycles. The summed E-state index contributed by atoms with van der Waals surface area (Å²) in [4.78, 5) is 45.5. The zero-order chi connectivity index (χ0) is 29.5. The van der Waals surface area contributed by atoms with E-state index in [2.05, 4.69) is 37.9 Å². The van der Waals surface area contributed by atoms with Crippen LogP contribution in [-0.4, -0.2) is 93.1 Å². The molecule has 16 nitrogen and oxygen atoms in total. The first-order valence-corrected chi connectivity index (χ1v) is 13.1. The second-order valence-corrected chi connectivity index (χ2v) is 12.4. The molecular formula is C22H33IN8O8. The standard InChI is InChI=1S/C11H16N4O4.C8H14INO2.C3H3N3O2/c1-11(2,3)19-10(16)13-6-8(7-13)14-5-4-9(12-14)15(17)18;1-8(2,3)12-7(11)10-4-6(9)5-10;7-6(8)3-1-2-4-5-3/h4-5,8H,6-7H2,1-3H3;6H,4-5H2,1-3H3;1-2H,(H,4,5). The number of nitrogens with one attached hydrogen (secondary N) is 1. The molecule has 2 aromatic heterocycles. The van der Waals surface area contributed by atoms with Gasteiger partial charge in [-0.3, -0.25) is 0 Å². The van der Waals surface area contributed by atoms with Gasteiger partial charge in [-0.05, 0) is 51.4 Å². The summed E-state index contributed by atoms with van der Waals surface area (Å²) in [6, 6.07) is 2.61. The molecule has 0 unspecified atom stereocenters. The molecule has 2 aromatic rings. The highest BCUT2D eigenvalue weighted by Crippen LogP contribution is 2.24. The van der Waals surface area contributed by atoms with Gasteiger partial charge in [-0.1, -0.05) is 27.7 Å². The maximum Gasteiger partial charge on any atom is 0.410 e. The molecule has 2 fully saturated rings. The third kappa shape index (κ3) is 10.6. The molecule has 0 aromatic carbocycles. The largest absolute Gasteiger partial charge is 0.444 e. The Morgan fingerprint density at radius 2 is 1.46 bits per heavy atom. The van der Waals surface area contributed by atoms with Crippen molar-refractivity contribution in [3.05, 3.63) is 44.8 Å². The summed E-state index contributed by atoms with van der Waals surface area (Å²) in [7, 11) is 0. The van der Waals surface area contributed by atoms with Crippen molar-refractivity contribution < 1.29 is 28.9 Å². The Hall–Kier alpha value is -3.51. The van der Waals surface area contributed by atoms with Crippen molar-refractivity contribution in [3.63, 3.8) is 0 Å². The maximum atomic E-state index is 11.7. The predicted molar refractivity (Wildman–Crippen MR) is 147 cm³/mol. The highest BCUT2D eigenvalue weighted by Gasteiger charge is 2.37. The molecule has 4 rings (SSSR count). The number of aromatic nitrogens is 4. The van der Waals surface area contributed by atoms with Gasteiger partial charge < -0.3 is 39.5 Å². The average Bonchev–Trinajstić information content (AvgIpc) is 3.41. The molecule has 2 aliphatic heterocycles. The number of ether oxygens (including phenoxy) is 2. The quantitative estimate of drug-likeness (QED) is 0.218. The molecule has 0 atom stereocenters. The molecule has 1 N–H and O–H groups in total. The van der Waals surface area contributed by atoms with Crippen molar-refractivity contribution >= 4 is 46.4 Å². The number of aromatic amines is 1. The topological polar surface area (TPSA) is 192 Å². The minimum absolute atomic E-state index is 0.0266. The summed E-state index contributed by atoms with van der Waals surface area (Å²) in [5.41, 5.74) is -0.889. The van der Waals surface area contributed by atoms with Crippen molar-refractivity contribution in [2.75, 3.05) is 26.2 Å². The molecule has 39 heavy (non-hydrogen) atoms. The minimum atomic E-state index is -0.541. The van der Waals surface area contributed by atoms with Crippen LogP contribution >= 0.6 is 22.6 Å². The molecule has 0 aliphatic carbocycles. The second-order valence-electron chi connectivity index (χ2n) is 10.6. The lowest BCUT2D eigenvalue weighted by atomic mass is 10.1. The fourth-order valence-corrected chi connectivity index (χ4v) is 3.93. The monoisotopic (exact) mass is 664 g/mol. The number of rotatable bonds is 3. The third-order valence-electron chi connectivity index (χ3n) is 4.84. The number of nitro groups is 2. The molecule has 17 heteroatoms. The van der Waals surface area contributed by atoms with Gasteiger partial charge in [0.25, 0.3) is 0 Å². The zero-order valence-corrected chi connectivity index (χ0v) is 24.7. The van der Waals surface area contributed by atoms with Crippen LogP contribution in [0.5, 0.6) is 0 Å². The van der Waals surface area contributed by atoms with Crippen LogP contribution in [-0.2, 0) is 9.47 Å². The van der Waals surface area contributed by atoms with E-state index in [0.717, 1.165) is 13.1 Å². The van der Waals surface area contributed by atoms with Gasteiger partial charge in [-0.2, -0.15) is 4.68 Å². The van der Waals surface area contributed by atoms with Gasteiger partial charge in [0, 0.05) is 17.0 Å². The molecule has 216 valence electrons. The number of carbonyl (C=O) groups excluding carboxylic acids is 2. The van der Waals surface area contributed by atoms with E-state index in [1.807, 2.05) is 20.8 Å². The fourth-order valence-electron chi connectivity index (χ4n) is 2.98. The summed E-state index contributed by atoms with van der Waals surface area (Å²) in [5.74, 6) is -0.263. The molecule has 2 aliphatic rings. The van der Waals surface area contributed by atoms with E-state index in [1.165, 1.54) is 23.0 Å². The summed E-state index contributed by atoms with van der Waals surface area (Å²) in [6.07, 6.45) is 2.33. The van der Waals surface area contributed by atoms with E-state index in [9.17, 15) is 29.8 Å². The number of hydrogen-bond donors (Lipinski definition) is 1. The van der Waals surface area contributed by atoms with E-state index in [-0.39, 0.29) is 35.5 Å². The first-order chi connectivity index (χ1) is 17.9. The molecule has 2 amide bonds. The first-order valence-electron chi connectivity index (χ1n) is 11.9. The highest BCUT2D eigenvalue weighted by molar-refractivity contribution is 14.1. The van der Waals surface area contributed by atoms with E-state index in [4.69, 9.17) is 9.47 Å². The van der Waals surface area contributed by atoms with E-state index in [1.54, 1.807) is 36.8 Å². The van der Waals surface area contributed by atoms with E-state index >= 15 is 0 Å². The Bertz CT molecular complexity index is 1130. The Morgan fingerprint density at radius 1 is 0.949 bits per heavy atom. The van der Waals surface area contributed by atoms with Crippen molar-refractivity contribution in [1.29, 1.82) is 0 Å². The zero-order valence-electron chi connectivity index (χ0n) is 22.6. The van der Waals surface area contributed by atoms with Crippen LogP contribution in [0.4, 0.5) is 21.2 Å². The van der Waals surface area contributed by atoms with Gasteiger partial charge in [-0.25, -0.2) is 9.59 Å². The number of alkyl halides is 1. The number of amides is 2. The van der Waals surface area contributed by atoms with Gasteiger partial charge in [0.2, 0.25) is 0 Å². The third-order valence-corrected chi connectivity index (χ3v) is 5.63. The van der Waals surface area contributed by atoms with Gasteiger partial charge >= 0.3 is 23.8 Å². The SMILES string of the molecule is CC(C)(C)OC(=O)N1CC(I)C1.CC(C)(C)OC(=O)N1CC(n2ccc([N+](=O)[O-])n2)C1.O=[N+]([O-])c1ccn[nH]1. The van der Waals surface area contributed by atoms with Gasteiger partial charge in [0.1, 0.15) is 17.2 Å². The van der Waals surface area contributed by atoms with E-state index < -0.39 is 15.4 Å². The number of nitrogens with zero attached hydrogens (tertiary/aromatic N) is 7. The van der Waals surface area contributed by atoms with Crippen molar-refractivity contribution in [2.24, 2.45) is 0 Å². The Morgan fingerprint density at radius 3 is 1.79 bits per heavy atom. The molecular weight excluding hydrogens is 631 g/mol. The molecule has 2 saturated heterocycles. The van der Waals surface area contributed by atoms with Gasteiger partial charge in [0.15, 0.2) is 0 Å². The number of halogens is 1. The Balaban J connectivity index is 0.000000227. The van der Waals surface area contributed by atoms with Crippen LogP contribution < -0.4 is 0 Å². The van der Waals surface area contributed by atoms with Crippen LogP contribution in [0.2, 0.25) is 0 Å². The lowest BCUT2D eigenvalue weighted by molar-refractivity contribution is -0.390. The molecule has 0 bridgehead atoms. The normalized spacial score (nSPS) is 15.5. The summed E-state index contributed by atoms with van der Waals surface area (Å²) in [5, 5.41) is 29.7. The van der Waals surface area contributed by atoms with Gasteiger partial charge in [-0.15, -0.1) is 5.10 Å². The van der Waals surface area contributed by atoms with Crippen LogP contribution in [0.3, 0.4) is 0 Å². The minimum Gasteiger partial charge on any atom is -0.444 e. The summed E-state index contributed by atoms with van der Waals surface area (Å²) < 4.78 is 12.5. The summed E-state index contributed by atoms with van der Waals surface area (Å²) in [6.45, 7) is 13.6. The fraction of sp³-hybridized carbons (Fsp3) is 0.636. The number of carbonyl (C=O) groups is 2. The highest BCUT2D eigenvalue weighted by atomic mass is 127. The Kier molecular flexibility index (Phi) is 10.6. The molecule has 4 heterocycles.